The SMILES string of the molecule is COc1cc2c3c(c4c(c2cc1Sc1ccccc1)-c1ccccc1C41CC(C)(C)CC(C)(C)C1)C=CC1(O3)c2ccc(cc2)OCCCCCCCCCCCCCCCCCCCCCCOc2ccc1cc2. The fourth-order valence-corrected chi connectivity index (χ4v) is 15.3. The fraction of sp³-hybridized carbons (Fsp3) is 0.486. The number of ether oxygens (including phenoxy) is 4. The number of hydrogen-bond acceptors (Lipinski definition) is 5. The maximum Gasteiger partial charge on any atom is 0.178 e. The lowest BCUT2D eigenvalue weighted by Gasteiger charge is -2.52. The third-order valence-electron chi connectivity index (χ3n) is 17.2. The molecular formula is C70H86O4S. The van der Waals surface area contributed by atoms with Gasteiger partial charge in [-0.15, -0.1) is 0 Å². The van der Waals surface area contributed by atoms with Gasteiger partial charge in [-0.2, -0.15) is 0 Å². The van der Waals surface area contributed by atoms with Crippen LogP contribution >= 0.6 is 11.8 Å². The maximum absolute atomic E-state index is 8.01. The molecule has 396 valence electrons. The fourth-order valence-electron chi connectivity index (χ4n) is 14.4. The molecule has 0 saturated heterocycles. The maximum atomic E-state index is 8.01. The molecule has 75 heavy (non-hydrogen) atoms. The lowest BCUT2D eigenvalue weighted by molar-refractivity contribution is 0.0642. The van der Waals surface area contributed by atoms with Crippen LogP contribution in [-0.2, 0) is 11.0 Å². The molecular weight excluding hydrogens is 937 g/mol. The lowest BCUT2D eigenvalue weighted by atomic mass is 9.52. The van der Waals surface area contributed by atoms with Crippen molar-refractivity contribution in [3.63, 3.8) is 0 Å². The first kappa shape index (κ1) is 53.3. The minimum atomic E-state index is -0.947. The van der Waals surface area contributed by atoms with Crippen molar-refractivity contribution in [1.82, 2.24) is 0 Å². The van der Waals surface area contributed by atoms with Crippen LogP contribution in [0.2, 0.25) is 0 Å². The summed E-state index contributed by atoms with van der Waals surface area (Å²) in [7, 11) is 1.80. The molecule has 6 aromatic carbocycles. The molecule has 1 fully saturated rings. The molecule has 0 amide bonds. The Morgan fingerprint density at radius 2 is 0.973 bits per heavy atom. The van der Waals surface area contributed by atoms with E-state index < -0.39 is 5.60 Å². The Balaban J connectivity index is 1.04. The van der Waals surface area contributed by atoms with E-state index in [1.807, 2.05) is 0 Å². The van der Waals surface area contributed by atoms with Gasteiger partial charge < -0.3 is 18.9 Å². The molecule has 1 saturated carbocycles. The molecule has 0 atom stereocenters. The predicted molar refractivity (Wildman–Crippen MR) is 315 cm³/mol. The average molecular weight is 1020 g/mol. The minimum absolute atomic E-state index is 0.118. The van der Waals surface area contributed by atoms with Gasteiger partial charge in [0.25, 0.3) is 0 Å². The molecule has 4 aliphatic heterocycles. The van der Waals surface area contributed by atoms with Gasteiger partial charge in [0.1, 0.15) is 23.0 Å². The van der Waals surface area contributed by atoms with Crippen molar-refractivity contribution in [2.24, 2.45) is 10.8 Å². The van der Waals surface area contributed by atoms with Crippen molar-refractivity contribution in [2.45, 2.75) is 196 Å². The summed E-state index contributed by atoms with van der Waals surface area (Å²) in [5.74, 6) is 3.55. The number of fused-ring (bicyclic) bond motifs is 12. The second kappa shape index (κ2) is 24.0. The predicted octanol–water partition coefficient (Wildman–Crippen LogP) is 20.4. The Labute approximate surface area is 455 Å². The molecule has 4 bridgehead atoms. The molecule has 0 radical (unpaired) electrons. The molecule has 4 nitrogen and oxygen atoms in total. The minimum Gasteiger partial charge on any atom is -0.496 e. The quantitative estimate of drug-likeness (QED) is 0.177. The first-order chi connectivity index (χ1) is 36.6. The summed E-state index contributed by atoms with van der Waals surface area (Å²) in [4.78, 5) is 2.27. The van der Waals surface area contributed by atoms with Crippen molar-refractivity contribution >= 4 is 28.6 Å². The zero-order valence-electron chi connectivity index (χ0n) is 46.3. The summed E-state index contributed by atoms with van der Waals surface area (Å²) in [6.07, 6.45) is 34.8. The molecule has 4 heterocycles. The summed E-state index contributed by atoms with van der Waals surface area (Å²) in [6, 6.07) is 42.2. The highest BCUT2D eigenvalue weighted by Crippen LogP contribution is 2.67. The highest BCUT2D eigenvalue weighted by atomic mass is 32.2. The van der Waals surface area contributed by atoms with E-state index in [0.717, 1.165) is 83.3 Å². The number of hydrogen-bond donors (Lipinski definition) is 0. The van der Waals surface area contributed by atoms with Gasteiger partial charge in [-0.25, -0.2) is 0 Å². The van der Waals surface area contributed by atoms with Crippen LogP contribution in [0.5, 0.6) is 23.0 Å². The lowest BCUT2D eigenvalue weighted by Crippen LogP contribution is -2.44. The van der Waals surface area contributed by atoms with Crippen LogP contribution in [0.4, 0.5) is 0 Å². The number of rotatable bonds is 3. The van der Waals surface area contributed by atoms with Crippen LogP contribution in [0.15, 0.2) is 131 Å². The van der Waals surface area contributed by atoms with Crippen LogP contribution in [-0.4, -0.2) is 20.3 Å². The monoisotopic (exact) mass is 1020 g/mol. The van der Waals surface area contributed by atoms with Crippen LogP contribution in [0, 0.1) is 10.8 Å². The second-order valence-electron chi connectivity index (χ2n) is 24.4. The molecule has 2 aliphatic carbocycles. The van der Waals surface area contributed by atoms with E-state index in [2.05, 4.69) is 155 Å². The first-order valence-corrected chi connectivity index (χ1v) is 30.3. The Morgan fingerprint density at radius 3 is 1.48 bits per heavy atom. The van der Waals surface area contributed by atoms with Crippen molar-refractivity contribution < 1.29 is 18.9 Å². The summed E-state index contributed by atoms with van der Waals surface area (Å²) in [5, 5.41) is 2.28. The summed E-state index contributed by atoms with van der Waals surface area (Å²) < 4.78 is 27.3. The molecule has 6 aliphatic rings. The topological polar surface area (TPSA) is 36.9 Å². The van der Waals surface area contributed by atoms with Crippen molar-refractivity contribution in [3.05, 3.63) is 149 Å². The van der Waals surface area contributed by atoms with Gasteiger partial charge in [0.05, 0.1) is 25.2 Å². The second-order valence-corrected chi connectivity index (χ2v) is 25.5. The normalized spacial score (nSPS) is 20.3. The zero-order chi connectivity index (χ0) is 51.7. The molecule has 2 spiro atoms. The highest BCUT2D eigenvalue weighted by molar-refractivity contribution is 7.99. The van der Waals surface area contributed by atoms with Crippen LogP contribution < -0.4 is 18.9 Å². The zero-order valence-corrected chi connectivity index (χ0v) is 47.2. The first-order valence-electron chi connectivity index (χ1n) is 29.5. The van der Waals surface area contributed by atoms with Gasteiger partial charge in [-0.05, 0) is 125 Å². The molecule has 5 heteroatoms. The third kappa shape index (κ3) is 12.0. The van der Waals surface area contributed by atoms with Crippen molar-refractivity contribution in [3.8, 4) is 34.1 Å². The van der Waals surface area contributed by atoms with E-state index >= 15 is 0 Å². The smallest absolute Gasteiger partial charge is 0.178 e. The van der Waals surface area contributed by atoms with Crippen molar-refractivity contribution in [1.29, 1.82) is 0 Å². The molecule has 6 aromatic rings. The van der Waals surface area contributed by atoms with Gasteiger partial charge >= 0.3 is 0 Å². The van der Waals surface area contributed by atoms with Crippen LogP contribution in [0.1, 0.15) is 203 Å². The van der Waals surface area contributed by atoms with E-state index in [4.69, 9.17) is 18.9 Å². The van der Waals surface area contributed by atoms with Crippen LogP contribution in [0.3, 0.4) is 0 Å². The van der Waals surface area contributed by atoms with Gasteiger partial charge in [0.15, 0.2) is 5.60 Å². The highest BCUT2D eigenvalue weighted by Gasteiger charge is 2.55. The number of benzene rings is 6. The Morgan fingerprint density at radius 1 is 0.493 bits per heavy atom. The van der Waals surface area contributed by atoms with Gasteiger partial charge in [0.2, 0.25) is 0 Å². The molecule has 0 N–H and O–H groups in total. The average Bonchev–Trinajstić information content (AvgIpc) is 3.75. The molecule has 0 aromatic heterocycles. The molecule has 0 unspecified atom stereocenters. The summed E-state index contributed by atoms with van der Waals surface area (Å²) >= 11 is 1.77. The van der Waals surface area contributed by atoms with E-state index in [9.17, 15) is 0 Å². The van der Waals surface area contributed by atoms with Gasteiger partial charge in [0, 0.05) is 32.4 Å². The Bertz CT molecular complexity index is 2770. The van der Waals surface area contributed by atoms with Gasteiger partial charge in [-0.3, -0.25) is 0 Å². The Hall–Kier alpha value is -5.13. The van der Waals surface area contributed by atoms with E-state index in [0.29, 0.717) is 0 Å². The van der Waals surface area contributed by atoms with E-state index in [1.165, 1.54) is 160 Å². The standard InChI is InChI=1S/C70H86O4S/c1-67(2)49-68(3,4)51-69(50-67)61-34-28-27-33-57(61)64-59-48-63(75-56-31-25-24-26-32-56)62(71-5)47-60(59)66-58(65(64)69)43-44-70(74-66)52-35-39-54(40-36-52)72-45-29-22-20-18-16-14-12-10-8-6-7-9-11-13-15-17-19-21-23-30-46-73-55-41-37-53(70)38-42-55/h24-28,31-44,47-48H,6-23,29-30,45-46,49-51H2,1-5H3. The summed E-state index contributed by atoms with van der Waals surface area (Å²) in [6.45, 7) is 11.4. The van der Waals surface area contributed by atoms with Crippen LogP contribution in [0.25, 0.3) is 28.0 Å². The van der Waals surface area contributed by atoms with E-state index in [1.54, 1.807) is 18.9 Å². The largest absolute Gasteiger partial charge is 0.496 e. The number of methoxy groups -OCH3 is 1. The Kier molecular flexibility index (Phi) is 17.1. The summed E-state index contributed by atoms with van der Waals surface area (Å²) in [5.41, 5.74) is 7.94. The third-order valence-corrected chi connectivity index (χ3v) is 18.2. The van der Waals surface area contributed by atoms with E-state index in [-0.39, 0.29) is 16.2 Å². The van der Waals surface area contributed by atoms with Crippen molar-refractivity contribution in [2.75, 3.05) is 20.3 Å². The van der Waals surface area contributed by atoms with Gasteiger partial charge in [-0.1, -0.05) is 228 Å². The molecule has 12 rings (SSSR count).